The summed E-state index contributed by atoms with van der Waals surface area (Å²) in [6, 6.07) is 8.76. The molecule has 0 fully saturated rings. The van der Waals surface area contributed by atoms with Crippen molar-refractivity contribution in [2.24, 2.45) is 5.41 Å². The molecule has 2 aromatic carbocycles. The summed E-state index contributed by atoms with van der Waals surface area (Å²) < 4.78 is 6.92. The third-order valence-electron chi connectivity index (χ3n) is 5.79. The van der Waals surface area contributed by atoms with Crippen LogP contribution in [0, 0.1) is 12.3 Å². The Kier molecular flexibility index (Phi) is 7.86. The van der Waals surface area contributed by atoms with E-state index in [1.165, 1.54) is 18.0 Å². The molecule has 2 N–H and O–H groups in total. The first kappa shape index (κ1) is 27.6. The number of aryl methyl sites for hydroxylation is 1. The van der Waals surface area contributed by atoms with Gasteiger partial charge in [0.1, 0.15) is 0 Å². The highest BCUT2D eigenvalue weighted by molar-refractivity contribution is 6.06. The second-order valence-electron chi connectivity index (χ2n) is 11.3. The van der Waals surface area contributed by atoms with Crippen LogP contribution in [0.4, 0.5) is 5.69 Å². The summed E-state index contributed by atoms with van der Waals surface area (Å²) in [6.07, 6.45) is 2.25. The van der Waals surface area contributed by atoms with Crippen LogP contribution in [0.5, 0.6) is 5.75 Å². The number of benzene rings is 2. The van der Waals surface area contributed by atoms with Gasteiger partial charge < -0.3 is 15.4 Å². The largest absolute Gasteiger partial charge is 0.494 e. The molecule has 1 heterocycles. The van der Waals surface area contributed by atoms with Gasteiger partial charge in [0.2, 0.25) is 0 Å². The standard InChI is InChI=1S/C28H35N5O4/c1-17-9-10-18(12-23(17)33-14-22(31-32-33)26(36)29-16-27(2,3)4)25(35)30-21-13-20(28(5,6)7)11-19(15-34)24(21)37-8/h9-15H,16H2,1-8H3,(H,29,36)(H,30,35). The van der Waals surface area contributed by atoms with Gasteiger partial charge in [-0.05, 0) is 53.1 Å². The Morgan fingerprint density at radius 1 is 1.05 bits per heavy atom. The van der Waals surface area contributed by atoms with E-state index in [0.29, 0.717) is 41.1 Å². The lowest BCUT2D eigenvalue weighted by Gasteiger charge is -2.22. The number of rotatable bonds is 7. The molecule has 9 nitrogen and oxygen atoms in total. The maximum absolute atomic E-state index is 13.3. The van der Waals surface area contributed by atoms with E-state index >= 15 is 0 Å². The molecule has 196 valence electrons. The van der Waals surface area contributed by atoms with Crippen LogP contribution >= 0.6 is 0 Å². The van der Waals surface area contributed by atoms with Crippen LogP contribution in [-0.2, 0) is 5.41 Å². The molecule has 9 heteroatoms. The van der Waals surface area contributed by atoms with E-state index < -0.39 is 0 Å². The van der Waals surface area contributed by atoms with Gasteiger partial charge in [-0.3, -0.25) is 14.4 Å². The van der Waals surface area contributed by atoms with Crippen molar-refractivity contribution in [3.8, 4) is 11.4 Å². The molecule has 0 aliphatic carbocycles. The molecule has 0 aliphatic heterocycles. The molecule has 0 saturated carbocycles. The zero-order valence-electron chi connectivity index (χ0n) is 22.7. The zero-order chi connectivity index (χ0) is 27.5. The third kappa shape index (κ3) is 6.61. The Hall–Kier alpha value is -4.01. The molecule has 0 atom stereocenters. The molecule has 3 aromatic rings. The van der Waals surface area contributed by atoms with Gasteiger partial charge in [-0.25, -0.2) is 4.68 Å². The van der Waals surface area contributed by atoms with E-state index in [0.717, 1.165) is 11.1 Å². The van der Waals surface area contributed by atoms with E-state index in [4.69, 9.17) is 4.74 Å². The Morgan fingerprint density at radius 3 is 2.35 bits per heavy atom. The first-order valence-corrected chi connectivity index (χ1v) is 12.0. The SMILES string of the molecule is COc1c(C=O)cc(C(C)(C)C)cc1NC(=O)c1ccc(C)c(-n2cc(C(=O)NCC(C)(C)C)nn2)c1. The minimum atomic E-state index is -0.384. The van der Waals surface area contributed by atoms with Crippen molar-refractivity contribution in [1.29, 1.82) is 0 Å². The molecular formula is C28H35N5O4. The molecule has 0 aliphatic rings. The molecular weight excluding hydrogens is 470 g/mol. The number of ether oxygens (including phenoxy) is 1. The van der Waals surface area contributed by atoms with E-state index in [9.17, 15) is 14.4 Å². The number of nitrogens with zero attached hydrogens (tertiary/aromatic N) is 3. The fourth-order valence-electron chi connectivity index (χ4n) is 3.61. The summed E-state index contributed by atoms with van der Waals surface area (Å²) in [7, 11) is 1.46. The van der Waals surface area contributed by atoms with Crippen molar-refractivity contribution in [2.75, 3.05) is 19.0 Å². The van der Waals surface area contributed by atoms with Crippen molar-refractivity contribution >= 4 is 23.8 Å². The van der Waals surface area contributed by atoms with E-state index in [1.807, 2.05) is 54.5 Å². The number of nitrogens with one attached hydrogen (secondary N) is 2. The van der Waals surface area contributed by atoms with Crippen molar-refractivity contribution < 1.29 is 19.1 Å². The lowest BCUT2D eigenvalue weighted by Crippen LogP contribution is -2.32. The van der Waals surface area contributed by atoms with Crippen molar-refractivity contribution in [2.45, 2.75) is 53.9 Å². The Labute approximate surface area is 217 Å². The number of anilines is 1. The van der Waals surface area contributed by atoms with Crippen molar-refractivity contribution in [3.05, 3.63) is 64.5 Å². The molecule has 0 spiro atoms. The van der Waals surface area contributed by atoms with E-state index in [2.05, 4.69) is 20.9 Å². The topological polar surface area (TPSA) is 115 Å². The highest BCUT2D eigenvalue weighted by atomic mass is 16.5. The van der Waals surface area contributed by atoms with Gasteiger partial charge in [0.15, 0.2) is 17.7 Å². The Morgan fingerprint density at radius 2 is 1.76 bits per heavy atom. The van der Waals surface area contributed by atoms with Crippen LogP contribution in [0.15, 0.2) is 36.5 Å². The predicted octanol–water partition coefficient (Wildman–Crippen LogP) is 4.72. The third-order valence-corrected chi connectivity index (χ3v) is 5.79. The van der Waals surface area contributed by atoms with Crippen molar-refractivity contribution in [3.63, 3.8) is 0 Å². The van der Waals surface area contributed by atoms with Crippen LogP contribution in [0.25, 0.3) is 5.69 Å². The number of methoxy groups -OCH3 is 1. The summed E-state index contributed by atoms with van der Waals surface area (Å²) >= 11 is 0. The molecule has 3 rings (SSSR count). The van der Waals surface area contributed by atoms with Gasteiger partial charge in [0.05, 0.1) is 30.2 Å². The van der Waals surface area contributed by atoms with E-state index in [-0.39, 0.29) is 28.3 Å². The lowest BCUT2D eigenvalue weighted by atomic mass is 9.85. The summed E-state index contributed by atoms with van der Waals surface area (Å²) in [5.41, 5.74) is 3.34. The first-order valence-electron chi connectivity index (χ1n) is 12.0. The summed E-state index contributed by atoms with van der Waals surface area (Å²) in [4.78, 5) is 37.5. The zero-order valence-corrected chi connectivity index (χ0v) is 22.7. The molecule has 0 radical (unpaired) electrons. The van der Waals surface area contributed by atoms with Crippen molar-refractivity contribution in [1.82, 2.24) is 20.3 Å². The first-order chi connectivity index (χ1) is 17.2. The summed E-state index contributed by atoms with van der Waals surface area (Å²) in [5.74, 6) is -0.402. The average Bonchev–Trinajstić information content (AvgIpc) is 3.31. The normalized spacial score (nSPS) is 11.7. The summed E-state index contributed by atoms with van der Waals surface area (Å²) in [6.45, 7) is 14.5. The van der Waals surface area contributed by atoms with E-state index in [1.54, 1.807) is 24.3 Å². The highest BCUT2D eigenvalue weighted by Gasteiger charge is 2.22. The van der Waals surface area contributed by atoms with Gasteiger partial charge in [-0.15, -0.1) is 5.10 Å². The average molecular weight is 506 g/mol. The minimum absolute atomic E-state index is 0.0640. The maximum atomic E-state index is 13.3. The number of aldehydes is 1. The second-order valence-corrected chi connectivity index (χ2v) is 11.3. The van der Waals surface area contributed by atoms with Crippen LogP contribution in [0.1, 0.15) is 83.9 Å². The van der Waals surface area contributed by atoms with Crippen LogP contribution in [0.3, 0.4) is 0 Å². The van der Waals surface area contributed by atoms with Crippen LogP contribution < -0.4 is 15.4 Å². The summed E-state index contributed by atoms with van der Waals surface area (Å²) in [5, 5.41) is 13.8. The molecule has 0 unspecified atom stereocenters. The number of hydrogen-bond acceptors (Lipinski definition) is 6. The fraction of sp³-hybridized carbons (Fsp3) is 0.393. The van der Waals surface area contributed by atoms with Gasteiger partial charge in [0, 0.05) is 12.1 Å². The van der Waals surface area contributed by atoms with Crippen LogP contribution in [0.2, 0.25) is 0 Å². The second kappa shape index (κ2) is 10.5. The van der Waals surface area contributed by atoms with Gasteiger partial charge >= 0.3 is 0 Å². The van der Waals surface area contributed by atoms with Gasteiger partial charge in [0.25, 0.3) is 11.8 Å². The smallest absolute Gasteiger partial charge is 0.273 e. The quantitative estimate of drug-likeness (QED) is 0.449. The predicted molar refractivity (Wildman–Crippen MR) is 143 cm³/mol. The minimum Gasteiger partial charge on any atom is -0.494 e. The monoisotopic (exact) mass is 505 g/mol. The van der Waals surface area contributed by atoms with Crippen LogP contribution in [-0.4, -0.2) is 46.7 Å². The van der Waals surface area contributed by atoms with Gasteiger partial charge in [-0.1, -0.05) is 52.8 Å². The maximum Gasteiger partial charge on any atom is 0.273 e. The Bertz CT molecular complexity index is 1330. The molecule has 0 saturated heterocycles. The number of aromatic nitrogens is 3. The fourth-order valence-corrected chi connectivity index (χ4v) is 3.61. The molecule has 0 bridgehead atoms. The Balaban J connectivity index is 1.91. The number of hydrogen-bond donors (Lipinski definition) is 2. The molecule has 37 heavy (non-hydrogen) atoms. The molecule has 2 amide bonds. The molecule has 1 aromatic heterocycles. The van der Waals surface area contributed by atoms with Gasteiger partial charge in [-0.2, -0.15) is 0 Å². The lowest BCUT2D eigenvalue weighted by molar-refractivity contribution is 0.0933. The number of carbonyl (C=O) groups excluding carboxylic acids is 3. The highest BCUT2D eigenvalue weighted by Crippen LogP contribution is 2.35. The number of carbonyl (C=O) groups is 3. The number of amides is 2.